The molecule has 0 aromatic carbocycles. The number of nitrogens with one attached hydrogen (secondary N) is 2. The van der Waals surface area contributed by atoms with E-state index in [2.05, 4.69) is 10.3 Å². The van der Waals surface area contributed by atoms with Gasteiger partial charge in [0.1, 0.15) is 0 Å². The third kappa shape index (κ3) is 1.34. The highest BCUT2D eigenvalue weighted by Gasteiger charge is 2.29. The molecule has 82 valence electrons. The third-order valence-electron chi connectivity index (χ3n) is 3.52. The predicted octanol–water partition coefficient (Wildman–Crippen LogP) is -0.168. The molecule has 0 spiro atoms. The predicted molar refractivity (Wildman–Crippen MR) is 56.5 cm³/mol. The van der Waals surface area contributed by atoms with Crippen LogP contribution in [0.2, 0.25) is 0 Å². The zero-order chi connectivity index (χ0) is 10.4. The summed E-state index contributed by atoms with van der Waals surface area (Å²) in [7, 11) is 0. The quantitative estimate of drug-likeness (QED) is 0.600. The molecule has 2 aliphatic rings. The Kier molecular flexibility index (Phi) is 1.97. The summed E-state index contributed by atoms with van der Waals surface area (Å²) < 4.78 is 1.92. The fourth-order valence-electron chi connectivity index (χ4n) is 2.79. The Morgan fingerprint density at radius 2 is 2.20 bits per heavy atom. The van der Waals surface area contributed by atoms with Crippen molar-refractivity contribution in [1.82, 2.24) is 14.9 Å². The first-order valence-electron chi connectivity index (χ1n) is 5.54. The molecule has 1 fully saturated rings. The molecular formula is C10H16N4O. The number of fused-ring (bicyclic) bond motifs is 1. The van der Waals surface area contributed by atoms with Crippen LogP contribution in [0.4, 0.5) is 0 Å². The maximum absolute atomic E-state index is 11.8. The number of hydrogen-bond donors (Lipinski definition) is 3. The molecule has 15 heavy (non-hydrogen) atoms. The number of aromatic amines is 1. The number of imidazole rings is 1. The zero-order valence-corrected chi connectivity index (χ0v) is 8.62. The highest BCUT2D eigenvalue weighted by molar-refractivity contribution is 5.18. The van der Waals surface area contributed by atoms with Crippen molar-refractivity contribution in [2.75, 3.05) is 0 Å². The van der Waals surface area contributed by atoms with Gasteiger partial charge in [-0.2, -0.15) is 0 Å². The van der Waals surface area contributed by atoms with Gasteiger partial charge >= 0.3 is 5.69 Å². The lowest BCUT2D eigenvalue weighted by Gasteiger charge is -2.13. The molecule has 0 bridgehead atoms. The number of nitrogens with two attached hydrogens (primary N) is 1. The van der Waals surface area contributed by atoms with E-state index in [9.17, 15) is 4.79 Å². The van der Waals surface area contributed by atoms with E-state index in [1.807, 2.05) is 4.57 Å². The monoisotopic (exact) mass is 208 g/mol. The van der Waals surface area contributed by atoms with Crippen LogP contribution in [0, 0.1) is 0 Å². The number of rotatable bonds is 1. The molecule has 2 unspecified atom stereocenters. The van der Waals surface area contributed by atoms with Crippen molar-refractivity contribution in [3.8, 4) is 0 Å². The van der Waals surface area contributed by atoms with Crippen molar-refractivity contribution < 1.29 is 0 Å². The van der Waals surface area contributed by atoms with Crippen molar-refractivity contribution >= 4 is 0 Å². The number of hydrogen-bond acceptors (Lipinski definition) is 3. The molecule has 4 N–H and O–H groups in total. The van der Waals surface area contributed by atoms with E-state index in [1.165, 1.54) is 0 Å². The molecule has 5 heteroatoms. The Labute approximate surface area is 87.7 Å². The normalized spacial score (nSPS) is 29.7. The Hall–Kier alpha value is -1.07. The minimum Gasteiger partial charge on any atom is -0.328 e. The summed E-state index contributed by atoms with van der Waals surface area (Å²) in [6.07, 6.45) is 3.00. The van der Waals surface area contributed by atoms with Gasteiger partial charge < -0.3 is 16.0 Å². The summed E-state index contributed by atoms with van der Waals surface area (Å²) in [6.45, 7) is 1.59. The fraction of sp³-hybridized carbons (Fsp3) is 0.700. The second kappa shape index (κ2) is 3.21. The van der Waals surface area contributed by atoms with E-state index < -0.39 is 0 Å². The lowest BCUT2D eigenvalue weighted by atomic mass is 10.2. The summed E-state index contributed by atoms with van der Waals surface area (Å²) in [6, 6.07) is 0.578. The van der Waals surface area contributed by atoms with Gasteiger partial charge in [-0.3, -0.25) is 4.57 Å². The Morgan fingerprint density at radius 1 is 1.33 bits per heavy atom. The summed E-state index contributed by atoms with van der Waals surface area (Å²) in [5, 5.41) is 3.25. The first kappa shape index (κ1) is 9.18. The molecule has 0 radical (unpaired) electrons. The smallest absolute Gasteiger partial charge is 0.326 e. The number of H-pyrrole nitrogens is 1. The van der Waals surface area contributed by atoms with Crippen LogP contribution in [-0.2, 0) is 13.1 Å². The molecule has 1 aliphatic carbocycles. The van der Waals surface area contributed by atoms with Crippen LogP contribution in [0.15, 0.2) is 4.79 Å². The minimum atomic E-state index is 0.0422. The molecule has 1 aromatic heterocycles. The average molecular weight is 208 g/mol. The molecule has 2 atom stereocenters. The minimum absolute atomic E-state index is 0.0422. The maximum Gasteiger partial charge on any atom is 0.326 e. The topological polar surface area (TPSA) is 75.8 Å². The Bertz CT molecular complexity index is 433. The van der Waals surface area contributed by atoms with Crippen molar-refractivity contribution in [2.45, 2.75) is 44.4 Å². The molecule has 1 aliphatic heterocycles. The SMILES string of the molecule is NC1CCC(n2c3c([nH]c2=O)CNC3)C1. The lowest BCUT2D eigenvalue weighted by molar-refractivity contribution is 0.477. The molecule has 0 saturated heterocycles. The van der Waals surface area contributed by atoms with Crippen molar-refractivity contribution in [2.24, 2.45) is 5.73 Å². The van der Waals surface area contributed by atoms with E-state index in [0.29, 0.717) is 6.04 Å². The second-order valence-corrected chi connectivity index (χ2v) is 4.56. The van der Waals surface area contributed by atoms with Crippen LogP contribution in [0.5, 0.6) is 0 Å². The number of aromatic nitrogens is 2. The van der Waals surface area contributed by atoms with Crippen LogP contribution in [-0.4, -0.2) is 15.6 Å². The van der Waals surface area contributed by atoms with Gasteiger partial charge in [-0.1, -0.05) is 0 Å². The summed E-state index contributed by atoms with van der Waals surface area (Å²) in [5.74, 6) is 0. The third-order valence-corrected chi connectivity index (χ3v) is 3.52. The molecule has 5 nitrogen and oxygen atoms in total. The Morgan fingerprint density at radius 3 is 2.93 bits per heavy atom. The first-order chi connectivity index (χ1) is 7.25. The lowest BCUT2D eigenvalue weighted by Crippen LogP contribution is -2.25. The van der Waals surface area contributed by atoms with Crippen LogP contribution < -0.4 is 16.7 Å². The molecule has 1 aromatic rings. The van der Waals surface area contributed by atoms with Gasteiger partial charge in [-0.15, -0.1) is 0 Å². The molecule has 3 rings (SSSR count). The average Bonchev–Trinajstić information content (AvgIpc) is 2.81. The van der Waals surface area contributed by atoms with E-state index in [1.54, 1.807) is 0 Å². The largest absolute Gasteiger partial charge is 0.328 e. The van der Waals surface area contributed by atoms with Gasteiger partial charge in [0.15, 0.2) is 0 Å². The van der Waals surface area contributed by atoms with Gasteiger partial charge in [-0.25, -0.2) is 4.79 Å². The van der Waals surface area contributed by atoms with Gasteiger partial charge in [0.2, 0.25) is 0 Å². The van der Waals surface area contributed by atoms with E-state index >= 15 is 0 Å². The van der Waals surface area contributed by atoms with Crippen LogP contribution in [0.3, 0.4) is 0 Å². The molecular weight excluding hydrogens is 192 g/mol. The maximum atomic E-state index is 11.8. The second-order valence-electron chi connectivity index (χ2n) is 4.56. The number of nitrogens with zero attached hydrogens (tertiary/aromatic N) is 1. The van der Waals surface area contributed by atoms with Crippen LogP contribution >= 0.6 is 0 Å². The highest BCUT2D eigenvalue weighted by atomic mass is 16.1. The fourth-order valence-corrected chi connectivity index (χ4v) is 2.79. The zero-order valence-electron chi connectivity index (χ0n) is 8.62. The van der Waals surface area contributed by atoms with Gasteiger partial charge in [0.05, 0.1) is 11.4 Å². The van der Waals surface area contributed by atoms with Crippen LogP contribution in [0.25, 0.3) is 0 Å². The molecule has 0 amide bonds. The van der Waals surface area contributed by atoms with Crippen molar-refractivity contribution in [3.63, 3.8) is 0 Å². The van der Waals surface area contributed by atoms with Crippen LogP contribution in [0.1, 0.15) is 36.7 Å². The standard InChI is InChI=1S/C10H16N4O/c11-6-1-2-7(3-6)14-9-5-12-4-8(9)13-10(14)15/h6-7,12H,1-5,11H2,(H,13,15). The summed E-state index contributed by atoms with van der Waals surface area (Å²) >= 11 is 0. The van der Waals surface area contributed by atoms with E-state index in [4.69, 9.17) is 5.73 Å². The Balaban J connectivity index is 2.01. The summed E-state index contributed by atoms with van der Waals surface area (Å²) in [5.41, 5.74) is 8.12. The van der Waals surface area contributed by atoms with Crippen molar-refractivity contribution in [1.29, 1.82) is 0 Å². The first-order valence-corrected chi connectivity index (χ1v) is 5.54. The van der Waals surface area contributed by atoms with Gasteiger partial charge in [0.25, 0.3) is 0 Å². The summed E-state index contributed by atoms with van der Waals surface area (Å²) in [4.78, 5) is 14.7. The van der Waals surface area contributed by atoms with Gasteiger partial charge in [-0.05, 0) is 19.3 Å². The van der Waals surface area contributed by atoms with Crippen molar-refractivity contribution in [3.05, 3.63) is 21.9 Å². The van der Waals surface area contributed by atoms with Gasteiger partial charge in [0, 0.05) is 25.2 Å². The highest BCUT2D eigenvalue weighted by Crippen LogP contribution is 2.30. The van der Waals surface area contributed by atoms with E-state index in [0.717, 1.165) is 43.7 Å². The molecule has 2 heterocycles. The van der Waals surface area contributed by atoms with E-state index in [-0.39, 0.29) is 11.7 Å². The molecule has 1 saturated carbocycles.